The molecule has 0 bridgehead atoms. The van der Waals surface area contributed by atoms with Gasteiger partial charge in [-0.2, -0.15) is 13.2 Å². The van der Waals surface area contributed by atoms with Gasteiger partial charge in [-0.25, -0.2) is 0 Å². The van der Waals surface area contributed by atoms with E-state index < -0.39 is 11.7 Å². The first kappa shape index (κ1) is 20.7. The Morgan fingerprint density at radius 1 is 1.10 bits per heavy atom. The predicted molar refractivity (Wildman–Crippen MR) is 112 cm³/mol. The molecule has 1 unspecified atom stereocenters. The highest BCUT2D eigenvalue weighted by Crippen LogP contribution is 2.33. The van der Waals surface area contributed by atoms with Gasteiger partial charge in [-0.05, 0) is 60.4 Å². The van der Waals surface area contributed by atoms with Gasteiger partial charge in [0.15, 0.2) is 0 Å². The van der Waals surface area contributed by atoms with E-state index in [1.165, 1.54) is 12.1 Å². The van der Waals surface area contributed by atoms with Crippen LogP contribution in [0.25, 0.3) is 16.5 Å². The van der Waals surface area contributed by atoms with Gasteiger partial charge in [0.2, 0.25) is 0 Å². The van der Waals surface area contributed by atoms with E-state index in [0.717, 1.165) is 39.5 Å². The Bertz CT molecular complexity index is 1110. The molecule has 0 saturated heterocycles. The van der Waals surface area contributed by atoms with Crippen molar-refractivity contribution >= 4 is 16.5 Å². The number of rotatable bonds is 4. The molecule has 3 nitrogen and oxygen atoms in total. The number of halogens is 3. The van der Waals surface area contributed by atoms with Crippen LogP contribution >= 0.6 is 0 Å². The standard InChI is InChI=1S/C24H24F3NO2/c1-16-17(2)30-23-14-18(6-7-22(16)23)8-11-28(29)12-9-19(10-13-28)20-4-3-5-21(15-20)24(25,26)27/h3-7,9,14-15H,8,10-13H2,1-2H3. The lowest BCUT2D eigenvalue weighted by atomic mass is 9.97. The molecule has 3 aromatic rings. The topological polar surface area (TPSA) is 36.2 Å². The minimum atomic E-state index is -4.37. The number of fused-ring (bicyclic) bond motifs is 1. The fraction of sp³-hybridized carbons (Fsp3) is 0.333. The van der Waals surface area contributed by atoms with E-state index in [9.17, 15) is 18.4 Å². The Morgan fingerprint density at radius 2 is 1.90 bits per heavy atom. The molecule has 1 aromatic heterocycles. The van der Waals surface area contributed by atoms with Crippen LogP contribution in [0.3, 0.4) is 0 Å². The minimum absolute atomic E-state index is 0.271. The third kappa shape index (κ3) is 4.16. The van der Waals surface area contributed by atoms with Crippen molar-refractivity contribution in [1.29, 1.82) is 0 Å². The summed E-state index contributed by atoms with van der Waals surface area (Å²) in [6, 6.07) is 11.4. The molecule has 158 valence electrons. The maximum absolute atomic E-state index is 13.1. The number of quaternary nitrogens is 1. The molecule has 1 aliphatic rings. The first-order valence-corrected chi connectivity index (χ1v) is 10.1. The van der Waals surface area contributed by atoms with Gasteiger partial charge in [-0.1, -0.05) is 24.3 Å². The highest BCUT2D eigenvalue weighted by molar-refractivity contribution is 5.82. The zero-order valence-corrected chi connectivity index (χ0v) is 17.1. The van der Waals surface area contributed by atoms with Crippen molar-refractivity contribution in [2.75, 3.05) is 19.6 Å². The lowest BCUT2D eigenvalue weighted by Crippen LogP contribution is -2.46. The van der Waals surface area contributed by atoms with Gasteiger partial charge < -0.3 is 14.3 Å². The van der Waals surface area contributed by atoms with Gasteiger partial charge in [0.05, 0.1) is 25.2 Å². The number of furan rings is 1. The number of benzene rings is 2. The second-order valence-corrected chi connectivity index (χ2v) is 8.11. The molecule has 2 aromatic carbocycles. The van der Waals surface area contributed by atoms with Crippen LogP contribution in [-0.2, 0) is 12.6 Å². The molecular weight excluding hydrogens is 391 g/mol. The molecule has 2 heterocycles. The molecule has 1 aliphatic heterocycles. The molecule has 0 fully saturated rings. The van der Waals surface area contributed by atoms with Crippen LogP contribution in [0.1, 0.15) is 34.4 Å². The van der Waals surface area contributed by atoms with E-state index in [1.54, 1.807) is 12.1 Å². The molecule has 30 heavy (non-hydrogen) atoms. The van der Waals surface area contributed by atoms with Crippen LogP contribution in [0.2, 0.25) is 0 Å². The Kier molecular flexibility index (Phi) is 5.24. The highest BCUT2D eigenvalue weighted by Gasteiger charge is 2.31. The largest absolute Gasteiger partial charge is 0.633 e. The Labute approximate surface area is 173 Å². The molecule has 0 amide bonds. The molecule has 0 spiro atoms. The average Bonchev–Trinajstić information content (AvgIpc) is 3.00. The van der Waals surface area contributed by atoms with Crippen molar-refractivity contribution in [2.45, 2.75) is 32.9 Å². The first-order chi connectivity index (χ1) is 14.1. The summed E-state index contributed by atoms with van der Waals surface area (Å²) in [7, 11) is 0. The van der Waals surface area contributed by atoms with E-state index in [1.807, 2.05) is 32.0 Å². The fourth-order valence-corrected chi connectivity index (χ4v) is 4.04. The predicted octanol–water partition coefficient (Wildman–Crippen LogP) is 6.41. The minimum Gasteiger partial charge on any atom is -0.633 e. The Morgan fingerprint density at radius 3 is 2.60 bits per heavy atom. The second-order valence-electron chi connectivity index (χ2n) is 8.11. The third-order valence-corrected chi connectivity index (χ3v) is 6.07. The number of hydroxylamine groups is 3. The van der Waals surface area contributed by atoms with E-state index in [-0.39, 0.29) is 11.2 Å². The van der Waals surface area contributed by atoms with Gasteiger partial charge in [0, 0.05) is 18.2 Å². The Hall–Kier alpha value is -2.57. The normalized spacial score (nSPS) is 19.9. The average molecular weight is 415 g/mol. The molecule has 0 N–H and O–H groups in total. The summed E-state index contributed by atoms with van der Waals surface area (Å²) >= 11 is 0. The third-order valence-electron chi connectivity index (χ3n) is 6.07. The van der Waals surface area contributed by atoms with Crippen molar-refractivity contribution in [3.05, 3.63) is 81.8 Å². The zero-order chi connectivity index (χ0) is 21.5. The van der Waals surface area contributed by atoms with Crippen molar-refractivity contribution < 1.29 is 22.2 Å². The van der Waals surface area contributed by atoms with Crippen LogP contribution in [0.5, 0.6) is 0 Å². The van der Waals surface area contributed by atoms with Crippen molar-refractivity contribution in [3.63, 3.8) is 0 Å². The molecule has 1 atom stereocenters. The van der Waals surface area contributed by atoms with Gasteiger partial charge in [-0.15, -0.1) is 0 Å². The first-order valence-electron chi connectivity index (χ1n) is 10.1. The number of nitrogens with zero attached hydrogens (tertiary/aromatic N) is 1. The van der Waals surface area contributed by atoms with Crippen LogP contribution in [0, 0.1) is 19.1 Å². The summed E-state index contributed by atoms with van der Waals surface area (Å²) in [6.45, 7) is 5.03. The number of aryl methyl sites for hydroxylation is 2. The smallest absolute Gasteiger partial charge is 0.416 e. The van der Waals surface area contributed by atoms with Gasteiger partial charge in [0.1, 0.15) is 11.3 Å². The molecule has 0 saturated carbocycles. The van der Waals surface area contributed by atoms with Crippen LogP contribution in [-0.4, -0.2) is 24.3 Å². The molecule has 0 aliphatic carbocycles. The van der Waals surface area contributed by atoms with Crippen molar-refractivity contribution in [1.82, 2.24) is 0 Å². The number of alkyl halides is 3. The molecular formula is C24H24F3NO2. The van der Waals surface area contributed by atoms with Crippen molar-refractivity contribution in [2.24, 2.45) is 0 Å². The summed E-state index contributed by atoms with van der Waals surface area (Å²) in [6.07, 6.45) is -1.46. The summed E-state index contributed by atoms with van der Waals surface area (Å²) in [5.41, 5.74) is 3.72. The van der Waals surface area contributed by atoms with E-state index in [0.29, 0.717) is 31.5 Å². The Balaban J connectivity index is 1.44. The monoisotopic (exact) mass is 415 g/mol. The van der Waals surface area contributed by atoms with Crippen molar-refractivity contribution in [3.8, 4) is 0 Å². The van der Waals surface area contributed by atoms with E-state index in [2.05, 4.69) is 0 Å². The summed E-state index contributed by atoms with van der Waals surface area (Å²) in [5.74, 6) is 0.901. The van der Waals surface area contributed by atoms with E-state index >= 15 is 0 Å². The maximum Gasteiger partial charge on any atom is 0.416 e. The summed E-state index contributed by atoms with van der Waals surface area (Å²) < 4.78 is 44.3. The molecule has 6 heteroatoms. The maximum atomic E-state index is 13.1. The summed E-state index contributed by atoms with van der Waals surface area (Å²) in [4.78, 5) is 0. The SMILES string of the molecule is Cc1oc2cc(CC[N+]3([O-])CC=C(c4cccc(C(F)(F)F)c4)CC3)ccc2c1C. The van der Waals surface area contributed by atoms with Gasteiger partial charge >= 0.3 is 6.18 Å². The van der Waals surface area contributed by atoms with Crippen LogP contribution in [0.15, 0.2) is 53.0 Å². The lowest BCUT2D eigenvalue weighted by molar-refractivity contribution is -0.875. The van der Waals surface area contributed by atoms with E-state index in [4.69, 9.17) is 4.42 Å². The van der Waals surface area contributed by atoms with Gasteiger partial charge in [-0.3, -0.25) is 0 Å². The van der Waals surface area contributed by atoms with Crippen LogP contribution < -0.4 is 0 Å². The van der Waals surface area contributed by atoms with Crippen LogP contribution in [0.4, 0.5) is 13.2 Å². The van der Waals surface area contributed by atoms with Gasteiger partial charge in [0.25, 0.3) is 0 Å². The fourth-order valence-electron chi connectivity index (χ4n) is 4.04. The molecule has 4 rings (SSSR count). The highest BCUT2D eigenvalue weighted by atomic mass is 19.4. The number of hydrogen-bond donors (Lipinski definition) is 0. The second kappa shape index (κ2) is 7.60. The zero-order valence-electron chi connectivity index (χ0n) is 17.1. The summed E-state index contributed by atoms with van der Waals surface area (Å²) in [5, 5.41) is 14.2. The number of hydrogen-bond acceptors (Lipinski definition) is 2. The quantitative estimate of drug-likeness (QED) is 0.364. The lowest BCUT2D eigenvalue weighted by Gasteiger charge is -2.44. The molecule has 0 radical (unpaired) electrons.